The summed E-state index contributed by atoms with van der Waals surface area (Å²) >= 11 is 9.88. The fourth-order valence-corrected chi connectivity index (χ4v) is 3.93. The monoisotopic (exact) mass is 441 g/mol. The lowest BCUT2D eigenvalue weighted by Crippen LogP contribution is -2.27. The molecule has 4 nitrogen and oxygen atoms in total. The average Bonchev–Trinajstić information content (AvgIpc) is 2.81. The van der Waals surface area contributed by atoms with E-state index in [1.165, 1.54) is 30.3 Å². The first-order valence-corrected chi connectivity index (χ1v) is 9.02. The van der Waals surface area contributed by atoms with Gasteiger partial charge in [-0.2, -0.15) is 0 Å². The Morgan fingerprint density at radius 2 is 2.00 bits per heavy atom. The normalized spacial score (nSPS) is 16.1. The molecule has 1 fully saturated rings. The molecule has 0 aliphatic carbocycles. The van der Waals surface area contributed by atoms with Gasteiger partial charge in [0.15, 0.2) is 0 Å². The van der Waals surface area contributed by atoms with Crippen LogP contribution in [0.3, 0.4) is 0 Å². The molecule has 1 saturated heterocycles. The Hall–Kier alpha value is -1.83. The van der Waals surface area contributed by atoms with E-state index in [1.54, 1.807) is 12.1 Å². The van der Waals surface area contributed by atoms with E-state index in [4.69, 9.17) is 11.6 Å². The number of halogens is 3. The molecule has 0 bridgehead atoms. The summed E-state index contributed by atoms with van der Waals surface area (Å²) in [6, 6.07) is 9.04. The standard InChI is InChI=1S/C17H10BrClFNO3S/c18-11-5-10(15(22)12(19)7-11)6-14-16(23)21(17(24)25-14)8-9-3-1-2-4-13(9)20/h1-7,22H,8H2/b14-6-. The molecule has 8 heteroatoms. The van der Waals surface area contributed by atoms with Crippen LogP contribution in [0.5, 0.6) is 5.75 Å². The Labute approximate surface area is 160 Å². The van der Waals surface area contributed by atoms with Gasteiger partial charge in [-0.1, -0.05) is 45.7 Å². The van der Waals surface area contributed by atoms with Crippen LogP contribution in [-0.2, 0) is 11.3 Å². The molecule has 128 valence electrons. The topological polar surface area (TPSA) is 57.6 Å². The molecule has 0 radical (unpaired) electrons. The minimum atomic E-state index is -0.547. The third-order valence-corrected chi connectivity index (χ3v) is 5.16. The van der Waals surface area contributed by atoms with Gasteiger partial charge in [0.2, 0.25) is 0 Å². The van der Waals surface area contributed by atoms with Crippen molar-refractivity contribution < 1.29 is 19.1 Å². The number of carbonyl (C=O) groups is 2. The number of nitrogens with zero attached hydrogens (tertiary/aromatic N) is 1. The molecular formula is C17H10BrClFNO3S. The summed E-state index contributed by atoms with van der Waals surface area (Å²) in [6.45, 7) is -0.153. The van der Waals surface area contributed by atoms with E-state index in [0.717, 1.165) is 16.7 Å². The van der Waals surface area contributed by atoms with Crippen molar-refractivity contribution in [1.82, 2.24) is 4.90 Å². The molecule has 0 saturated carbocycles. The number of thioether (sulfide) groups is 1. The van der Waals surface area contributed by atoms with Gasteiger partial charge < -0.3 is 5.11 Å². The third kappa shape index (κ3) is 3.73. The molecule has 25 heavy (non-hydrogen) atoms. The van der Waals surface area contributed by atoms with Gasteiger partial charge >= 0.3 is 0 Å². The SMILES string of the molecule is O=C1S/C(=C\c2cc(Br)cc(Cl)c2O)C(=O)N1Cc1ccccc1F. The van der Waals surface area contributed by atoms with Crippen LogP contribution in [0.2, 0.25) is 5.02 Å². The molecule has 2 amide bonds. The van der Waals surface area contributed by atoms with E-state index in [9.17, 15) is 19.1 Å². The predicted octanol–water partition coefficient (Wildman–Crippen LogP) is 5.18. The number of hydrogen-bond donors (Lipinski definition) is 1. The second-order valence-corrected chi connectivity index (χ2v) is 7.50. The summed E-state index contributed by atoms with van der Waals surface area (Å²) in [5.74, 6) is -1.22. The summed E-state index contributed by atoms with van der Waals surface area (Å²) in [4.78, 5) is 25.7. The molecule has 0 aromatic heterocycles. The second kappa shape index (κ2) is 7.19. The summed E-state index contributed by atoms with van der Waals surface area (Å²) in [5.41, 5.74) is 0.551. The Morgan fingerprint density at radius 3 is 2.72 bits per heavy atom. The smallest absolute Gasteiger partial charge is 0.293 e. The first kappa shape index (κ1) is 18.0. The minimum absolute atomic E-state index is 0.117. The Bertz CT molecular complexity index is 919. The Morgan fingerprint density at radius 1 is 1.28 bits per heavy atom. The van der Waals surface area contributed by atoms with E-state index in [-0.39, 0.29) is 27.8 Å². The molecular weight excluding hydrogens is 433 g/mol. The van der Waals surface area contributed by atoms with Gasteiger partial charge in [-0.3, -0.25) is 14.5 Å². The maximum Gasteiger partial charge on any atom is 0.293 e. The van der Waals surface area contributed by atoms with Crippen LogP contribution in [0.25, 0.3) is 6.08 Å². The van der Waals surface area contributed by atoms with Gasteiger partial charge in [-0.05, 0) is 36.0 Å². The molecule has 0 atom stereocenters. The van der Waals surface area contributed by atoms with Crippen molar-refractivity contribution in [1.29, 1.82) is 0 Å². The second-order valence-electron chi connectivity index (χ2n) is 5.18. The number of benzene rings is 2. The fourth-order valence-electron chi connectivity index (χ4n) is 2.27. The van der Waals surface area contributed by atoms with Crippen molar-refractivity contribution in [2.24, 2.45) is 0 Å². The van der Waals surface area contributed by atoms with E-state index < -0.39 is 17.0 Å². The maximum absolute atomic E-state index is 13.8. The summed E-state index contributed by atoms with van der Waals surface area (Å²) in [6.07, 6.45) is 1.39. The molecule has 3 rings (SSSR count). The Balaban J connectivity index is 1.90. The molecule has 2 aromatic carbocycles. The van der Waals surface area contributed by atoms with Crippen LogP contribution in [-0.4, -0.2) is 21.2 Å². The van der Waals surface area contributed by atoms with E-state index in [0.29, 0.717) is 10.0 Å². The lowest BCUT2D eigenvalue weighted by molar-refractivity contribution is -0.123. The van der Waals surface area contributed by atoms with E-state index in [2.05, 4.69) is 15.9 Å². The number of carbonyl (C=O) groups excluding carboxylic acids is 2. The minimum Gasteiger partial charge on any atom is -0.506 e. The first-order valence-electron chi connectivity index (χ1n) is 7.03. The van der Waals surface area contributed by atoms with Crippen molar-refractivity contribution in [3.8, 4) is 5.75 Å². The highest BCUT2D eigenvalue weighted by Crippen LogP contribution is 2.37. The van der Waals surface area contributed by atoms with Gasteiger partial charge in [-0.25, -0.2) is 4.39 Å². The maximum atomic E-state index is 13.8. The van der Waals surface area contributed by atoms with Crippen LogP contribution in [0.1, 0.15) is 11.1 Å². The van der Waals surface area contributed by atoms with Crippen molar-refractivity contribution >= 4 is 56.5 Å². The number of hydrogen-bond acceptors (Lipinski definition) is 4. The molecule has 1 heterocycles. The molecule has 0 spiro atoms. The zero-order chi connectivity index (χ0) is 18.1. The van der Waals surface area contributed by atoms with Gasteiger partial charge in [0, 0.05) is 15.6 Å². The summed E-state index contributed by atoms with van der Waals surface area (Å²) < 4.78 is 14.4. The third-order valence-electron chi connectivity index (χ3n) is 3.50. The molecule has 1 aliphatic heterocycles. The number of rotatable bonds is 3. The summed E-state index contributed by atoms with van der Waals surface area (Å²) in [5, 5.41) is 9.62. The van der Waals surface area contributed by atoms with Crippen LogP contribution in [0.15, 0.2) is 45.8 Å². The van der Waals surface area contributed by atoms with Gasteiger partial charge in [0.05, 0.1) is 16.5 Å². The number of imide groups is 1. The predicted molar refractivity (Wildman–Crippen MR) is 98.7 cm³/mol. The number of phenolic OH excluding ortho intramolecular Hbond substituents is 1. The molecule has 1 N–H and O–H groups in total. The van der Waals surface area contributed by atoms with Gasteiger partial charge in [0.25, 0.3) is 11.1 Å². The number of phenols is 1. The zero-order valence-corrected chi connectivity index (χ0v) is 15.7. The van der Waals surface area contributed by atoms with Gasteiger partial charge in [0.1, 0.15) is 11.6 Å². The van der Waals surface area contributed by atoms with Crippen LogP contribution >= 0.6 is 39.3 Å². The fraction of sp³-hybridized carbons (Fsp3) is 0.0588. The zero-order valence-electron chi connectivity index (χ0n) is 12.5. The average molecular weight is 443 g/mol. The van der Waals surface area contributed by atoms with Gasteiger partial charge in [-0.15, -0.1) is 0 Å². The number of amides is 2. The van der Waals surface area contributed by atoms with Crippen molar-refractivity contribution in [3.63, 3.8) is 0 Å². The molecule has 1 aliphatic rings. The largest absolute Gasteiger partial charge is 0.506 e. The highest BCUT2D eigenvalue weighted by molar-refractivity contribution is 9.10. The van der Waals surface area contributed by atoms with E-state index >= 15 is 0 Å². The number of aromatic hydroxyl groups is 1. The van der Waals surface area contributed by atoms with Crippen molar-refractivity contribution in [2.75, 3.05) is 0 Å². The highest BCUT2D eigenvalue weighted by Gasteiger charge is 2.35. The quantitative estimate of drug-likeness (QED) is 0.665. The molecule has 2 aromatic rings. The van der Waals surface area contributed by atoms with Crippen LogP contribution < -0.4 is 0 Å². The Kier molecular flexibility index (Phi) is 5.17. The first-order chi connectivity index (χ1) is 11.9. The summed E-state index contributed by atoms with van der Waals surface area (Å²) in [7, 11) is 0. The lowest BCUT2D eigenvalue weighted by Gasteiger charge is -2.12. The lowest BCUT2D eigenvalue weighted by atomic mass is 10.1. The molecule has 0 unspecified atom stereocenters. The van der Waals surface area contributed by atoms with Crippen molar-refractivity contribution in [2.45, 2.75) is 6.54 Å². The van der Waals surface area contributed by atoms with Crippen LogP contribution in [0, 0.1) is 5.82 Å². The highest BCUT2D eigenvalue weighted by atomic mass is 79.9. The van der Waals surface area contributed by atoms with E-state index in [1.807, 2.05) is 0 Å². The van der Waals surface area contributed by atoms with Crippen LogP contribution in [0.4, 0.5) is 9.18 Å². The van der Waals surface area contributed by atoms with Crippen molar-refractivity contribution in [3.05, 3.63) is 67.7 Å².